The minimum atomic E-state index is -0.374. The van der Waals surface area contributed by atoms with Crippen molar-refractivity contribution in [2.24, 2.45) is 0 Å². The van der Waals surface area contributed by atoms with Crippen LogP contribution in [0.4, 0.5) is 0 Å². The van der Waals surface area contributed by atoms with Gasteiger partial charge >= 0.3 is 0 Å². The van der Waals surface area contributed by atoms with Gasteiger partial charge in [-0.3, -0.25) is 20.4 Å². The van der Waals surface area contributed by atoms with Gasteiger partial charge in [0.05, 0.1) is 20.1 Å². The molecule has 2 rings (SSSR count). The predicted molar refractivity (Wildman–Crippen MR) is 124 cm³/mol. The lowest BCUT2D eigenvalue weighted by atomic mass is 10.1. The third-order valence-electron chi connectivity index (χ3n) is 4.45. The Balaban J connectivity index is 1.70. The molecule has 0 bridgehead atoms. The quantitative estimate of drug-likeness (QED) is 0.296. The molecule has 2 aromatic rings. The van der Waals surface area contributed by atoms with E-state index in [9.17, 15) is 9.59 Å². The number of thiocarbonyl (C=S) groups is 1. The fourth-order valence-electron chi connectivity index (χ4n) is 2.74. The van der Waals surface area contributed by atoms with Crippen LogP contribution in [-0.2, 0) is 11.2 Å². The number of ether oxygens (including phenoxy) is 2. The van der Waals surface area contributed by atoms with Crippen LogP contribution in [0.25, 0.3) is 0 Å². The Morgan fingerprint density at radius 1 is 0.903 bits per heavy atom. The van der Waals surface area contributed by atoms with Crippen molar-refractivity contribution in [3.05, 3.63) is 59.7 Å². The Labute approximate surface area is 188 Å². The molecule has 31 heavy (non-hydrogen) atoms. The number of methoxy groups -OCH3 is 1. The van der Waals surface area contributed by atoms with Crippen molar-refractivity contribution in [1.29, 1.82) is 0 Å². The molecule has 0 aliphatic carbocycles. The SMILES string of the molecule is CCCCCCOc1ccc(C(=O)NNC(=S)NC(=O)Cc2ccc(OC)cc2)cc1. The van der Waals surface area contributed by atoms with Gasteiger partial charge in [0.15, 0.2) is 5.11 Å². The zero-order valence-corrected chi connectivity index (χ0v) is 18.7. The summed E-state index contributed by atoms with van der Waals surface area (Å²) >= 11 is 5.06. The molecular formula is C23H29N3O4S. The van der Waals surface area contributed by atoms with E-state index in [0.29, 0.717) is 12.2 Å². The van der Waals surface area contributed by atoms with Crippen LogP contribution in [0.15, 0.2) is 48.5 Å². The van der Waals surface area contributed by atoms with E-state index >= 15 is 0 Å². The minimum absolute atomic E-state index is 0.0129. The first-order chi connectivity index (χ1) is 15.0. The van der Waals surface area contributed by atoms with Crippen molar-refractivity contribution in [2.45, 2.75) is 39.0 Å². The number of hydrogen-bond donors (Lipinski definition) is 3. The fourth-order valence-corrected chi connectivity index (χ4v) is 2.90. The number of hydrazine groups is 1. The molecule has 0 aliphatic rings. The molecule has 2 aromatic carbocycles. The largest absolute Gasteiger partial charge is 0.497 e. The molecule has 0 unspecified atom stereocenters. The van der Waals surface area contributed by atoms with Crippen LogP contribution in [0.3, 0.4) is 0 Å². The standard InChI is InChI=1S/C23H29N3O4S/c1-3-4-5-6-15-30-20-13-9-18(10-14-20)22(28)25-26-23(31)24-21(27)16-17-7-11-19(29-2)12-8-17/h7-14H,3-6,15-16H2,1-2H3,(H,25,28)(H2,24,26,27,31). The molecular weight excluding hydrogens is 414 g/mol. The van der Waals surface area contributed by atoms with Gasteiger partial charge in [0.2, 0.25) is 5.91 Å². The van der Waals surface area contributed by atoms with Crippen LogP contribution in [0, 0.1) is 0 Å². The molecule has 0 atom stereocenters. The van der Waals surface area contributed by atoms with E-state index < -0.39 is 0 Å². The Hall–Kier alpha value is -3.13. The summed E-state index contributed by atoms with van der Waals surface area (Å²) in [5.74, 6) is 0.775. The molecule has 0 aromatic heterocycles. The summed E-state index contributed by atoms with van der Waals surface area (Å²) in [6.45, 7) is 2.83. The van der Waals surface area contributed by atoms with Gasteiger partial charge in [0.25, 0.3) is 5.91 Å². The number of carbonyl (C=O) groups is 2. The lowest BCUT2D eigenvalue weighted by molar-refractivity contribution is -0.119. The van der Waals surface area contributed by atoms with E-state index in [4.69, 9.17) is 21.7 Å². The monoisotopic (exact) mass is 443 g/mol. The van der Waals surface area contributed by atoms with E-state index in [1.807, 2.05) is 0 Å². The molecule has 0 aliphatic heterocycles. The van der Waals surface area contributed by atoms with Gasteiger partial charge in [-0.25, -0.2) is 0 Å². The Bertz CT molecular complexity index is 854. The lowest BCUT2D eigenvalue weighted by Gasteiger charge is -2.11. The van der Waals surface area contributed by atoms with Gasteiger partial charge in [0, 0.05) is 5.56 Å². The van der Waals surface area contributed by atoms with E-state index in [0.717, 1.165) is 29.9 Å². The molecule has 0 spiro atoms. The van der Waals surface area contributed by atoms with Crippen LogP contribution >= 0.6 is 12.2 Å². The number of hydrogen-bond acceptors (Lipinski definition) is 5. The van der Waals surface area contributed by atoms with Gasteiger partial charge in [-0.05, 0) is 60.6 Å². The summed E-state index contributed by atoms with van der Waals surface area (Å²) in [7, 11) is 1.58. The van der Waals surface area contributed by atoms with Crippen molar-refractivity contribution in [2.75, 3.05) is 13.7 Å². The first-order valence-corrected chi connectivity index (χ1v) is 10.7. The first-order valence-electron chi connectivity index (χ1n) is 10.3. The number of nitrogens with one attached hydrogen (secondary N) is 3. The lowest BCUT2D eigenvalue weighted by Crippen LogP contribution is -2.48. The second-order valence-electron chi connectivity index (χ2n) is 6.91. The van der Waals surface area contributed by atoms with Crippen molar-refractivity contribution >= 4 is 29.1 Å². The number of unbranched alkanes of at least 4 members (excludes halogenated alkanes) is 3. The van der Waals surface area contributed by atoms with Crippen LogP contribution in [-0.4, -0.2) is 30.6 Å². The Kier molecular flexibility index (Phi) is 10.3. The molecule has 0 heterocycles. The highest BCUT2D eigenvalue weighted by atomic mass is 32.1. The Morgan fingerprint density at radius 3 is 2.23 bits per heavy atom. The molecule has 0 radical (unpaired) electrons. The summed E-state index contributed by atoms with van der Waals surface area (Å²) in [5.41, 5.74) is 6.26. The first kappa shape index (κ1) is 24.1. The number of carbonyl (C=O) groups excluding carboxylic acids is 2. The van der Waals surface area contributed by atoms with Crippen molar-refractivity contribution < 1.29 is 19.1 Å². The highest BCUT2D eigenvalue weighted by Gasteiger charge is 2.09. The molecule has 8 heteroatoms. The summed E-state index contributed by atoms with van der Waals surface area (Å²) in [4.78, 5) is 24.3. The van der Waals surface area contributed by atoms with Crippen LogP contribution in [0.1, 0.15) is 48.5 Å². The van der Waals surface area contributed by atoms with Gasteiger partial charge in [-0.15, -0.1) is 0 Å². The van der Waals surface area contributed by atoms with Crippen LogP contribution in [0.5, 0.6) is 11.5 Å². The maximum Gasteiger partial charge on any atom is 0.269 e. The number of rotatable bonds is 10. The smallest absolute Gasteiger partial charge is 0.269 e. The van der Waals surface area contributed by atoms with E-state index in [1.165, 1.54) is 12.8 Å². The zero-order valence-electron chi connectivity index (χ0n) is 17.9. The van der Waals surface area contributed by atoms with Crippen LogP contribution < -0.4 is 25.6 Å². The highest BCUT2D eigenvalue weighted by Crippen LogP contribution is 2.13. The molecule has 0 saturated heterocycles. The van der Waals surface area contributed by atoms with E-state index in [-0.39, 0.29) is 23.3 Å². The van der Waals surface area contributed by atoms with Gasteiger partial charge in [-0.1, -0.05) is 38.3 Å². The molecule has 166 valence electrons. The molecule has 7 nitrogen and oxygen atoms in total. The predicted octanol–water partition coefficient (Wildman–Crippen LogP) is 3.53. The normalized spacial score (nSPS) is 10.1. The third kappa shape index (κ3) is 9.04. The Morgan fingerprint density at radius 2 is 1.58 bits per heavy atom. The number of amides is 2. The van der Waals surface area contributed by atoms with Crippen molar-refractivity contribution in [3.63, 3.8) is 0 Å². The average molecular weight is 444 g/mol. The topological polar surface area (TPSA) is 88.7 Å². The molecule has 2 amide bonds. The summed E-state index contributed by atoms with van der Waals surface area (Å²) in [6, 6.07) is 14.0. The summed E-state index contributed by atoms with van der Waals surface area (Å²) in [5, 5.41) is 2.54. The van der Waals surface area contributed by atoms with E-state index in [2.05, 4.69) is 23.1 Å². The third-order valence-corrected chi connectivity index (χ3v) is 4.65. The fraction of sp³-hybridized carbons (Fsp3) is 0.348. The summed E-state index contributed by atoms with van der Waals surface area (Å²) < 4.78 is 10.8. The van der Waals surface area contributed by atoms with E-state index in [1.54, 1.807) is 55.6 Å². The number of benzene rings is 2. The van der Waals surface area contributed by atoms with Crippen molar-refractivity contribution in [1.82, 2.24) is 16.2 Å². The maximum atomic E-state index is 12.2. The van der Waals surface area contributed by atoms with Crippen molar-refractivity contribution in [3.8, 4) is 11.5 Å². The van der Waals surface area contributed by atoms with Gasteiger partial charge in [-0.2, -0.15) is 0 Å². The second-order valence-corrected chi connectivity index (χ2v) is 7.32. The minimum Gasteiger partial charge on any atom is -0.497 e. The van der Waals surface area contributed by atoms with Gasteiger partial charge < -0.3 is 14.8 Å². The van der Waals surface area contributed by atoms with Gasteiger partial charge in [0.1, 0.15) is 11.5 Å². The molecule has 0 saturated carbocycles. The molecule has 3 N–H and O–H groups in total. The average Bonchev–Trinajstić information content (AvgIpc) is 2.78. The van der Waals surface area contributed by atoms with Crippen LogP contribution in [0.2, 0.25) is 0 Å². The molecule has 0 fully saturated rings. The zero-order chi connectivity index (χ0) is 22.5. The second kappa shape index (κ2) is 13.2. The maximum absolute atomic E-state index is 12.2. The highest BCUT2D eigenvalue weighted by molar-refractivity contribution is 7.80. The summed E-state index contributed by atoms with van der Waals surface area (Å²) in [6.07, 6.45) is 4.72.